The second-order valence-electron chi connectivity index (χ2n) is 19.1. The smallest absolute Gasteiger partial charge is 0.306 e. The summed E-state index contributed by atoms with van der Waals surface area (Å²) in [7, 11) is 0. The molecule has 1 unspecified atom stereocenters. The second-order valence-corrected chi connectivity index (χ2v) is 19.1. The minimum absolute atomic E-state index is 0.104. The molecule has 0 radical (unpaired) electrons. The molecule has 1 atom stereocenters. The first-order chi connectivity index (χ1) is 37.0. The maximum Gasteiger partial charge on any atom is 0.306 e. The number of unbranched alkanes of at least 4 members (excludes halogenated alkanes) is 15. The largest absolute Gasteiger partial charge is 0.462 e. The molecule has 0 aliphatic rings. The Bertz CT molecular complexity index is 1710. The lowest BCUT2D eigenvalue weighted by Crippen LogP contribution is -2.30. The Hall–Kier alpha value is -4.97. The molecule has 6 heteroatoms. The first-order valence-electron chi connectivity index (χ1n) is 30.0. The van der Waals surface area contributed by atoms with Gasteiger partial charge in [-0.15, -0.1) is 0 Å². The number of hydrogen-bond acceptors (Lipinski definition) is 6. The van der Waals surface area contributed by atoms with Crippen LogP contribution in [0.2, 0.25) is 0 Å². The Balaban J connectivity index is 4.18. The summed E-state index contributed by atoms with van der Waals surface area (Å²) in [6.07, 6.45) is 90.0. The Morgan fingerprint density at radius 2 is 0.520 bits per heavy atom. The molecule has 0 rings (SSSR count). The van der Waals surface area contributed by atoms with Crippen LogP contribution in [-0.4, -0.2) is 37.2 Å². The quantitative estimate of drug-likeness (QED) is 0.0261. The average Bonchev–Trinajstić information content (AvgIpc) is 3.41. The van der Waals surface area contributed by atoms with Crippen LogP contribution in [0, 0.1) is 0 Å². The van der Waals surface area contributed by atoms with E-state index in [-0.39, 0.29) is 37.5 Å². The highest BCUT2D eigenvalue weighted by Crippen LogP contribution is 2.14. The van der Waals surface area contributed by atoms with Gasteiger partial charge in [0.15, 0.2) is 6.10 Å². The highest BCUT2D eigenvalue weighted by molar-refractivity contribution is 5.71. The zero-order valence-corrected chi connectivity index (χ0v) is 48.0. The molecule has 0 aliphatic carbocycles. The highest BCUT2D eigenvalue weighted by atomic mass is 16.6. The summed E-state index contributed by atoms with van der Waals surface area (Å²) < 4.78 is 16.7. The number of hydrogen-bond donors (Lipinski definition) is 0. The van der Waals surface area contributed by atoms with E-state index < -0.39 is 6.10 Å². The van der Waals surface area contributed by atoms with Crippen LogP contribution in [0.3, 0.4) is 0 Å². The molecule has 6 nitrogen and oxygen atoms in total. The van der Waals surface area contributed by atoms with Crippen LogP contribution >= 0.6 is 0 Å². The summed E-state index contributed by atoms with van der Waals surface area (Å²) in [5.74, 6) is -0.976. The van der Waals surface area contributed by atoms with Crippen molar-refractivity contribution in [1.82, 2.24) is 0 Å². The highest BCUT2D eigenvalue weighted by Gasteiger charge is 2.19. The van der Waals surface area contributed by atoms with Gasteiger partial charge in [0.2, 0.25) is 0 Å². The zero-order chi connectivity index (χ0) is 54.3. The molecule has 0 aromatic carbocycles. The van der Waals surface area contributed by atoms with E-state index in [1.165, 1.54) is 38.5 Å². The van der Waals surface area contributed by atoms with Crippen molar-refractivity contribution in [2.45, 2.75) is 245 Å². The number of rotatable bonds is 52. The van der Waals surface area contributed by atoms with Crippen LogP contribution in [-0.2, 0) is 28.6 Å². The van der Waals surface area contributed by atoms with Crippen LogP contribution in [0.25, 0.3) is 0 Å². The lowest BCUT2D eigenvalue weighted by atomic mass is 10.1. The van der Waals surface area contributed by atoms with Crippen molar-refractivity contribution in [3.05, 3.63) is 158 Å². The fourth-order valence-corrected chi connectivity index (χ4v) is 7.60. The fraction of sp³-hybridized carbons (Fsp3) is 0.580. The standard InChI is InChI=1S/C69H108O6/c1-4-7-10-13-15-17-19-21-23-25-27-29-30-31-32-33-34-35-36-37-38-40-41-43-45-47-49-51-53-56-59-62-68(71)74-65-66(64-73-67(70)61-58-55-12-9-6-3)75-69(72)63-60-57-54-52-50-48-46-44-42-39-28-26-24-22-20-18-16-14-11-8-5-2/h7-8,10-11,15-18,21-24,27-29,31-32,34-35,37-39,44,46,50,52,66H,4-6,9,12-14,19-20,25-26,30,33,36,40-43,45,47-49,51,53-65H2,1-3H3/b10-7-,11-8-,17-15-,18-16-,23-21-,24-22-,29-27-,32-31-,35-34-,38-37-,39-28-,46-44-,52-50-. The van der Waals surface area contributed by atoms with E-state index >= 15 is 0 Å². The molecule has 0 N–H and O–H groups in total. The van der Waals surface area contributed by atoms with Crippen molar-refractivity contribution >= 4 is 17.9 Å². The molecular formula is C69H108O6. The Kier molecular flexibility index (Phi) is 57.5. The molecule has 75 heavy (non-hydrogen) atoms. The van der Waals surface area contributed by atoms with Gasteiger partial charge in [0.25, 0.3) is 0 Å². The van der Waals surface area contributed by atoms with Gasteiger partial charge in [-0.25, -0.2) is 0 Å². The summed E-state index contributed by atoms with van der Waals surface area (Å²) >= 11 is 0. The number of allylic oxidation sites excluding steroid dienone is 26. The Morgan fingerprint density at radius 3 is 0.840 bits per heavy atom. The van der Waals surface area contributed by atoms with Crippen molar-refractivity contribution in [1.29, 1.82) is 0 Å². The molecule has 0 saturated carbocycles. The lowest BCUT2D eigenvalue weighted by Gasteiger charge is -2.18. The van der Waals surface area contributed by atoms with E-state index in [0.29, 0.717) is 19.3 Å². The van der Waals surface area contributed by atoms with Crippen LogP contribution in [0.5, 0.6) is 0 Å². The predicted octanol–water partition coefficient (Wildman–Crippen LogP) is 20.5. The number of esters is 3. The molecule has 0 heterocycles. The summed E-state index contributed by atoms with van der Waals surface area (Å²) in [5, 5.41) is 0. The summed E-state index contributed by atoms with van der Waals surface area (Å²) in [5.41, 5.74) is 0. The lowest BCUT2D eigenvalue weighted by molar-refractivity contribution is -0.167. The minimum Gasteiger partial charge on any atom is -0.462 e. The first-order valence-corrected chi connectivity index (χ1v) is 30.0. The zero-order valence-electron chi connectivity index (χ0n) is 48.0. The van der Waals surface area contributed by atoms with Crippen LogP contribution in [0.15, 0.2) is 158 Å². The Morgan fingerprint density at radius 1 is 0.280 bits per heavy atom. The van der Waals surface area contributed by atoms with E-state index in [0.717, 1.165) is 154 Å². The summed E-state index contributed by atoms with van der Waals surface area (Å²) in [6, 6.07) is 0. The van der Waals surface area contributed by atoms with E-state index in [1.807, 2.05) is 0 Å². The van der Waals surface area contributed by atoms with Crippen LogP contribution in [0.1, 0.15) is 239 Å². The summed E-state index contributed by atoms with van der Waals surface area (Å²) in [6.45, 7) is 6.27. The van der Waals surface area contributed by atoms with E-state index in [2.05, 4.69) is 179 Å². The van der Waals surface area contributed by atoms with Gasteiger partial charge >= 0.3 is 17.9 Å². The van der Waals surface area contributed by atoms with Gasteiger partial charge in [0, 0.05) is 19.3 Å². The Labute approximate surface area is 460 Å². The predicted molar refractivity (Wildman–Crippen MR) is 325 cm³/mol. The van der Waals surface area contributed by atoms with Crippen molar-refractivity contribution in [3.63, 3.8) is 0 Å². The van der Waals surface area contributed by atoms with Gasteiger partial charge in [-0.1, -0.05) is 249 Å². The summed E-state index contributed by atoms with van der Waals surface area (Å²) in [4.78, 5) is 37.8. The van der Waals surface area contributed by atoms with Gasteiger partial charge < -0.3 is 14.2 Å². The first kappa shape index (κ1) is 70.0. The third-order valence-corrected chi connectivity index (χ3v) is 12.0. The molecule has 420 valence electrons. The number of carbonyl (C=O) groups is 3. The molecule has 0 amide bonds. The third kappa shape index (κ3) is 59.8. The third-order valence-electron chi connectivity index (χ3n) is 12.0. The van der Waals surface area contributed by atoms with Crippen molar-refractivity contribution in [2.75, 3.05) is 13.2 Å². The van der Waals surface area contributed by atoms with Crippen LogP contribution in [0.4, 0.5) is 0 Å². The number of ether oxygens (including phenoxy) is 3. The van der Waals surface area contributed by atoms with Crippen molar-refractivity contribution in [2.24, 2.45) is 0 Å². The van der Waals surface area contributed by atoms with E-state index in [1.54, 1.807) is 0 Å². The molecule has 0 saturated heterocycles. The molecular weight excluding hydrogens is 925 g/mol. The topological polar surface area (TPSA) is 78.9 Å². The van der Waals surface area contributed by atoms with E-state index in [9.17, 15) is 14.4 Å². The van der Waals surface area contributed by atoms with Gasteiger partial charge in [0.1, 0.15) is 13.2 Å². The maximum atomic E-state index is 12.8. The second kappa shape index (κ2) is 61.6. The van der Waals surface area contributed by atoms with Crippen molar-refractivity contribution < 1.29 is 28.6 Å². The van der Waals surface area contributed by atoms with Crippen LogP contribution < -0.4 is 0 Å². The van der Waals surface area contributed by atoms with Gasteiger partial charge in [-0.05, 0) is 128 Å². The molecule has 0 aromatic rings. The number of carbonyl (C=O) groups excluding carboxylic acids is 3. The normalized spacial score (nSPS) is 13.3. The van der Waals surface area contributed by atoms with Crippen molar-refractivity contribution in [3.8, 4) is 0 Å². The van der Waals surface area contributed by atoms with Gasteiger partial charge in [-0.3, -0.25) is 14.4 Å². The molecule has 0 aromatic heterocycles. The molecule has 0 spiro atoms. The van der Waals surface area contributed by atoms with E-state index in [4.69, 9.17) is 14.2 Å². The maximum absolute atomic E-state index is 12.8. The minimum atomic E-state index is -0.807. The monoisotopic (exact) mass is 1030 g/mol. The molecule has 0 bridgehead atoms. The molecule has 0 aliphatic heterocycles. The van der Waals surface area contributed by atoms with Gasteiger partial charge in [-0.2, -0.15) is 0 Å². The SMILES string of the molecule is CC/C=C\C/C=C\C/C=C\C/C=C\C/C=C\C/C=C\C/C=C\CCCCCCCCCCCC(=O)OCC(COC(=O)CCCCCCC)OC(=O)CCCC/C=C\C/C=C\C/C=C\C/C=C\C/C=C\C/C=C\CC. The fourth-order valence-electron chi connectivity index (χ4n) is 7.60. The average molecular weight is 1030 g/mol. The van der Waals surface area contributed by atoms with Gasteiger partial charge in [0.05, 0.1) is 0 Å². The molecule has 0 fully saturated rings.